The van der Waals surface area contributed by atoms with E-state index in [1.165, 1.54) is 34.1 Å². The number of hydrogen-bond acceptors (Lipinski definition) is 6. The first kappa shape index (κ1) is 22.5. The van der Waals surface area contributed by atoms with Gasteiger partial charge in [-0.3, -0.25) is 14.2 Å². The standard InChI is InChI=1S/C23H18ClN3O5S/c1-2-32-22(30)14-6-8-16(9-7-14)25-19(28)13-26-18-10-11-33-20(18)21(29)27(23(26)31)17-5-3-4-15(24)12-17/h3-12H,2,13H2,1H3,(H,25,28). The van der Waals surface area contributed by atoms with Gasteiger partial charge < -0.3 is 10.1 Å². The fraction of sp³-hybridized carbons (Fsp3) is 0.130. The Bertz CT molecular complexity index is 1470. The van der Waals surface area contributed by atoms with Gasteiger partial charge in [0.05, 0.1) is 23.4 Å². The number of carbonyl (C=O) groups excluding carboxylic acids is 2. The second kappa shape index (κ2) is 9.43. The minimum absolute atomic E-state index is 0.264. The Morgan fingerprint density at radius 3 is 2.55 bits per heavy atom. The van der Waals surface area contributed by atoms with Crippen LogP contribution in [0, 0.1) is 0 Å². The molecule has 0 saturated heterocycles. The minimum Gasteiger partial charge on any atom is -0.462 e. The van der Waals surface area contributed by atoms with Gasteiger partial charge in [0.25, 0.3) is 5.56 Å². The highest BCUT2D eigenvalue weighted by atomic mass is 35.5. The average molecular weight is 484 g/mol. The summed E-state index contributed by atoms with van der Waals surface area (Å²) in [5.74, 6) is -0.921. The lowest BCUT2D eigenvalue weighted by Crippen LogP contribution is -2.40. The fourth-order valence-electron chi connectivity index (χ4n) is 3.33. The molecule has 4 rings (SSSR count). The van der Waals surface area contributed by atoms with Crippen molar-refractivity contribution in [2.45, 2.75) is 13.5 Å². The lowest BCUT2D eigenvalue weighted by Gasteiger charge is -2.13. The molecule has 33 heavy (non-hydrogen) atoms. The maximum Gasteiger partial charge on any atom is 0.338 e. The van der Waals surface area contributed by atoms with E-state index in [1.54, 1.807) is 48.7 Å². The summed E-state index contributed by atoms with van der Waals surface area (Å²) in [7, 11) is 0. The van der Waals surface area contributed by atoms with Crippen molar-refractivity contribution in [1.82, 2.24) is 9.13 Å². The number of amides is 1. The van der Waals surface area contributed by atoms with Gasteiger partial charge in [-0.25, -0.2) is 14.2 Å². The predicted molar refractivity (Wildman–Crippen MR) is 128 cm³/mol. The van der Waals surface area contributed by atoms with E-state index in [-0.39, 0.29) is 13.2 Å². The average Bonchev–Trinajstić information content (AvgIpc) is 3.28. The van der Waals surface area contributed by atoms with E-state index in [4.69, 9.17) is 16.3 Å². The van der Waals surface area contributed by atoms with E-state index in [9.17, 15) is 19.2 Å². The van der Waals surface area contributed by atoms with Crippen molar-refractivity contribution in [3.05, 3.63) is 91.4 Å². The van der Waals surface area contributed by atoms with E-state index in [0.29, 0.717) is 32.2 Å². The number of hydrogen-bond donors (Lipinski definition) is 1. The molecular weight excluding hydrogens is 466 g/mol. The first-order valence-corrected chi connectivity index (χ1v) is 11.2. The molecule has 2 aromatic carbocycles. The molecule has 8 nitrogen and oxygen atoms in total. The maximum atomic E-state index is 13.2. The van der Waals surface area contributed by atoms with Crippen molar-refractivity contribution in [2.75, 3.05) is 11.9 Å². The number of ether oxygens (including phenoxy) is 1. The Balaban J connectivity index is 1.66. The summed E-state index contributed by atoms with van der Waals surface area (Å²) < 4.78 is 7.54. The highest BCUT2D eigenvalue weighted by Gasteiger charge is 2.18. The molecule has 2 aromatic heterocycles. The number of thiophene rings is 1. The van der Waals surface area contributed by atoms with E-state index in [2.05, 4.69) is 5.32 Å². The molecular formula is C23H18ClN3O5S. The topological polar surface area (TPSA) is 99.4 Å². The van der Waals surface area contributed by atoms with Crippen molar-refractivity contribution < 1.29 is 14.3 Å². The number of nitrogens with one attached hydrogen (secondary N) is 1. The number of rotatable bonds is 6. The molecule has 10 heteroatoms. The number of nitrogens with zero attached hydrogens (tertiary/aromatic N) is 2. The number of benzene rings is 2. The zero-order valence-corrected chi connectivity index (χ0v) is 19.0. The number of fused-ring (bicyclic) bond motifs is 1. The third-order valence-electron chi connectivity index (χ3n) is 4.80. The Morgan fingerprint density at radius 1 is 1.09 bits per heavy atom. The van der Waals surface area contributed by atoms with Gasteiger partial charge in [0.15, 0.2) is 0 Å². The molecule has 0 atom stereocenters. The molecule has 0 aliphatic rings. The normalized spacial score (nSPS) is 10.8. The second-order valence-electron chi connectivity index (χ2n) is 6.97. The summed E-state index contributed by atoms with van der Waals surface area (Å²) in [6.07, 6.45) is 0. The van der Waals surface area contributed by atoms with Crippen LogP contribution in [0.2, 0.25) is 5.02 Å². The minimum atomic E-state index is -0.652. The molecule has 0 fully saturated rings. The highest BCUT2D eigenvalue weighted by molar-refractivity contribution is 7.17. The first-order chi connectivity index (χ1) is 15.9. The summed E-state index contributed by atoms with van der Waals surface area (Å²) in [5.41, 5.74) is 0.377. The third-order valence-corrected chi connectivity index (χ3v) is 5.93. The van der Waals surface area contributed by atoms with Crippen molar-refractivity contribution in [3.63, 3.8) is 0 Å². The third kappa shape index (κ3) is 4.59. The maximum absolute atomic E-state index is 13.2. The summed E-state index contributed by atoms with van der Waals surface area (Å²) >= 11 is 7.23. The van der Waals surface area contributed by atoms with E-state index >= 15 is 0 Å². The number of carbonyl (C=O) groups is 2. The van der Waals surface area contributed by atoms with Gasteiger partial charge in [-0.05, 0) is 60.8 Å². The van der Waals surface area contributed by atoms with Crippen molar-refractivity contribution >= 4 is 50.7 Å². The Morgan fingerprint density at radius 2 is 1.85 bits per heavy atom. The molecule has 0 saturated carbocycles. The predicted octanol–water partition coefficient (Wildman–Crippen LogP) is 3.68. The SMILES string of the molecule is CCOC(=O)c1ccc(NC(=O)Cn2c(=O)n(-c3cccc(Cl)c3)c(=O)c3sccc32)cc1. The first-order valence-electron chi connectivity index (χ1n) is 9.95. The lowest BCUT2D eigenvalue weighted by atomic mass is 10.2. The van der Waals surface area contributed by atoms with Crippen LogP contribution in [0.5, 0.6) is 0 Å². The number of aromatic nitrogens is 2. The van der Waals surface area contributed by atoms with Crippen LogP contribution >= 0.6 is 22.9 Å². The molecule has 168 valence electrons. The monoisotopic (exact) mass is 483 g/mol. The summed E-state index contributed by atoms with van der Waals surface area (Å²) in [6.45, 7) is 1.67. The number of esters is 1. The van der Waals surface area contributed by atoms with Crippen LogP contribution in [0.1, 0.15) is 17.3 Å². The van der Waals surface area contributed by atoms with E-state index < -0.39 is 23.1 Å². The summed E-state index contributed by atoms with van der Waals surface area (Å²) in [6, 6.07) is 14.2. The van der Waals surface area contributed by atoms with E-state index in [1.807, 2.05) is 0 Å². The van der Waals surface area contributed by atoms with Crippen LogP contribution in [0.4, 0.5) is 5.69 Å². The van der Waals surface area contributed by atoms with Gasteiger partial charge in [0.1, 0.15) is 11.2 Å². The van der Waals surface area contributed by atoms with Gasteiger partial charge in [0.2, 0.25) is 5.91 Å². The van der Waals surface area contributed by atoms with Crippen LogP contribution in [-0.4, -0.2) is 27.6 Å². The lowest BCUT2D eigenvalue weighted by molar-refractivity contribution is -0.116. The molecule has 0 bridgehead atoms. The second-order valence-corrected chi connectivity index (χ2v) is 8.32. The van der Waals surface area contributed by atoms with Gasteiger partial charge in [-0.15, -0.1) is 11.3 Å². The molecule has 0 aliphatic heterocycles. The molecule has 0 unspecified atom stereocenters. The fourth-order valence-corrected chi connectivity index (χ4v) is 4.34. The van der Waals surface area contributed by atoms with Gasteiger partial charge >= 0.3 is 11.7 Å². The van der Waals surface area contributed by atoms with Crippen LogP contribution < -0.4 is 16.6 Å². The van der Waals surface area contributed by atoms with Crippen molar-refractivity contribution in [2.24, 2.45) is 0 Å². The zero-order valence-electron chi connectivity index (χ0n) is 17.4. The summed E-state index contributed by atoms with van der Waals surface area (Å²) in [4.78, 5) is 50.7. The molecule has 1 amide bonds. The van der Waals surface area contributed by atoms with Crippen LogP contribution in [0.25, 0.3) is 15.9 Å². The van der Waals surface area contributed by atoms with Crippen LogP contribution in [-0.2, 0) is 16.1 Å². The van der Waals surface area contributed by atoms with Gasteiger partial charge in [0, 0.05) is 10.7 Å². The van der Waals surface area contributed by atoms with Crippen LogP contribution in [0.3, 0.4) is 0 Å². The quantitative estimate of drug-likeness (QED) is 0.422. The number of halogens is 1. The van der Waals surface area contributed by atoms with Crippen LogP contribution in [0.15, 0.2) is 69.6 Å². The van der Waals surface area contributed by atoms with Crippen molar-refractivity contribution in [3.8, 4) is 5.69 Å². The Hall–Kier alpha value is -3.69. The molecule has 0 radical (unpaired) electrons. The van der Waals surface area contributed by atoms with Gasteiger partial charge in [-0.1, -0.05) is 17.7 Å². The smallest absolute Gasteiger partial charge is 0.338 e. The van der Waals surface area contributed by atoms with Gasteiger partial charge in [-0.2, -0.15) is 0 Å². The highest BCUT2D eigenvalue weighted by Crippen LogP contribution is 2.18. The molecule has 1 N–H and O–H groups in total. The molecule has 4 aromatic rings. The Kier molecular flexibility index (Phi) is 6.43. The van der Waals surface area contributed by atoms with Crippen molar-refractivity contribution in [1.29, 1.82) is 0 Å². The van der Waals surface area contributed by atoms with E-state index in [0.717, 1.165) is 4.57 Å². The summed E-state index contributed by atoms with van der Waals surface area (Å²) in [5, 5.41) is 4.77. The zero-order chi connectivity index (χ0) is 23.5. The molecule has 0 aliphatic carbocycles. The Labute approximate surface area is 196 Å². The molecule has 0 spiro atoms. The largest absolute Gasteiger partial charge is 0.462 e. The number of anilines is 1. The molecule has 2 heterocycles.